The van der Waals surface area contributed by atoms with Gasteiger partial charge in [0.1, 0.15) is 0 Å². The van der Waals surface area contributed by atoms with Crippen molar-refractivity contribution in [3.8, 4) is 0 Å². The Balaban J connectivity index is 2.42. The van der Waals surface area contributed by atoms with Gasteiger partial charge in [0.2, 0.25) is 0 Å². The number of hydrogen-bond acceptors (Lipinski definition) is 3. The zero-order valence-corrected chi connectivity index (χ0v) is 7.54. The Bertz CT molecular complexity index is 319. The molecule has 2 heterocycles. The quantitative estimate of drug-likeness (QED) is 0.760. The molecule has 58 valence electrons. The van der Waals surface area contributed by atoms with Crippen molar-refractivity contribution in [1.82, 2.24) is 0 Å². The summed E-state index contributed by atoms with van der Waals surface area (Å²) in [5.41, 5.74) is 0. The maximum absolute atomic E-state index is 8.69. The van der Waals surface area contributed by atoms with E-state index in [1.165, 1.54) is 14.3 Å². The third-order valence-corrected chi connectivity index (χ3v) is 3.70. The van der Waals surface area contributed by atoms with Gasteiger partial charge in [-0.3, -0.25) is 0 Å². The van der Waals surface area contributed by atoms with Crippen molar-refractivity contribution in [2.45, 2.75) is 6.42 Å². The van der Waals surface area contributed by atoms with Crippen LogP contribution in [-0.2, 0) is 6.42 Å². The van der Waals surface area contributed by atoms with Crippen LogP contribution in [0, 0.1) is 0 Å². The lowest BCUT2D eigenvalue weighted by molar-refractivity contribution is 0.300. The lowest BCUT2D eigenvalue weighted by atomic mass is 10.3. The van der Waals surface area contributed by atoms with Crippen LogP contribution in [0.5, 0.6) is 0 Å². The fourth-order valence-electron chi connectivity index (χ4n) is 1.05. The molecule has 0 atom stereocenters. The first-order chi connectivity index (χ1) is 5.40. The molecule has 1 N–H and O–H groups in total. The molecule has 0 fully saturated rings. The summed E-state index contributed by atoms with van der Waals surface area (Å²) in [7, 11) is 0. The van der Waals surface area contributed by atoms with E-state index < -0.39 is 0 Å². The Kier molecular flexibility index (Phi) is 1.94. The van der Waals surface area contributed by atoms with E-state index in [2.05, 4.69) is 17.5 Å². The number of aliphatic hydroxyl groups excluding tert-OH is 1. The molecule has 0 amide bonds. The van der Waals surface area contributed by atoms with E-state index in [9.17, 15) is 0 Å². The van der Waals surface area contributed by atoms with Crippen molar-refractivity contribution in [2.75, 3.05) is 6.61 Å². The molecule has 0 radical (unpaired) electrons. The predicted molar refractivity (Wildman–Crippen MR) is 50.5 cm³/mol. The summed E-state index contributed by atoms with van der Waals surface area (Å²) in [6, 6.07) is 4.30. The number of rotatable bonds is 2. The summed E-state index contributed by atoms with van der Waals surface area (Å²) < 4.78 is 2.69. The molecule has 0 saturated heterocycles. The van der Waals surface area contributed by atoms with E-state index in [-0.39, 0.29) is 6.61 Å². The minimum atomic E-state index is 0.258. The van der Waals surface area contributed by atoms with Crippen molar-refractivity contribution in [3.05, 3.63) is 22.4 Å². The summed E-state index contributed by atoms with van der Waals surface area (Å²) >= 11 is 3.54. The highest BCUT2D eigenvalue weighted by Gasteiger charge is 2.00. The molecule has 11 heavy (non-hydrogen) atoms. The minimum absolute atomic E-state index is 0.258. The Morgan fingerprint density at radius 1 is 1.36 bits per heavy atom. The van der Waals surface area contributed by atoms with Crippen molar-refractivity contribution in [3.63, 3.8) is 0 Å². The van der Waals surface area contributed by atoms with Crippen LogP contribution in [0.2, 0.25) is 0 Å². The van der Waals surface area contributed by atoms with Gasteiger partial charge < -0.3 is 5.11 Å². The van der Waals surface area contributed by atoms with Crippen LogP contribution in [0.4, 0.5) is 0 Å². The number of hydrogen-bond donors (Lipinski definition) is 1. The monoisotopic (exact) mass is 184 g/mol. The molecule has 0 aliphatic heterocycles. The van der Waals surface area contributed by atoms with Gasteiger partial charge in [0.25, 0.3) is 0 Å². The van der Waals surface area contributed by atoms with Crippen molar-refractivity contribution in [1.29, 1.82) is 0 Å². The van der Waals surface area contributed by atoms with Gasteiger partial charge in [-0.2, -0.15) is 0 Å². The Hall–Kier alpha value is -0.380. The van der Waals surface area contributed by atoms with Crippen LogP contribution in [0.25, 0.3) is 9.40 Å². The van der Waals surface area contributed by atoms with E-state index in [1.54, 1.807) is 22.7 Å². The van der Waals surface area contributed by atoms with Crippen LogP contribution in [0.3, 0.4) is 0 Å². The number of aliphatic hydroxyl groups is 1. The minimum Gasteiger partial charge on any atom is -0.396 e. The van der Waals surface area contributed by atoms with Crippen LogP contribution >= 0.6 is 22.7 Å². The topological polar surface area (TPSA) is 20.2 Å². The van der Waals surface area contributed by atoms with Gasteiger partial charge in [-0.1, -0.05) is 0 Å². The molecule has 0 saturated carbocycles. The van der Waals surface area contributed by atoms with Crippen LogP contribution in [0.1, 0.15) is 4.88 Å². The smallest absolute Gasteiger partial charge is 0.0479 e. The van der Waals surface area contributed by atoms with Crippen molar-refractivity contribution >= 4 is 32.1 Å². The van der Waals surface area contributed by atoms with Crippen molar-refractivity contribution < 1.29 is 5.11 Å². The predicted octanol–water partition coefficient (Wildman–Crippen LogP) is 2.50. The zero-order chi connectivity index (χ0) is 7.68. The maximum atomic E-state index is 8.69. The summed E-state index contributed by atoms with van der Waals surface area (Å²) in [4.78, 5) is 1.29. The fourth-order valence-corrected chi connectivity index (χ4v) is 3.17. The standard InChI is InChI=1S/C8H8OS2/c9-3-1-6-5-8-7(11-6)2-4-10-8/h2,4-5,9H,1,3H2. The van der Waals surface area contributed by atoms with E-state index in [0.29, 0.717) is 0 Å². The van der Waals surface area contributed by atoms with Crippen LogP contribution < -0.4 is 0 Å². The number of thiophene rings is 2. The molecule has 0 aromatic carbocycles. The number of fused-ring (bicyclic) bond motifs is 1. The van der Waals surface area contributed by atoms with E-state index in [4.69, 9.17) is 5.11 Å². The Morgan fingerprint density at radius 2 is 2.27 bits per heavy atom. The normalized spacial score (nSPS) is 11.0. The lowest BCUT2D eigenvalue weighted by Crippen LogP contribution is -1.84. The molecule has 0 bridgehead atoms. The first-order valence-corrected chi connectivity index (χ1v) is 5.16. The summed E-state index contributed by atoms with van der Waals surface area (Å²) in [5.74, 6) is 0. The highest BCUT2D eigenvalue weighted by atomic mass is 32.1. The SMILES string of the molecule is OCCc1cc2sccc2s1. The molecular formula is C8H8OS2. The summed E-state index contributed by atoms with van der Waals surface area (Å²) in [6.45, 7) is 0.258. The summed E-state index contributed by atoms with van der Waals surface area (Å²) in [5, 5.41) is 10.8. The molecular weight excluding hydrogens is 176 g/mol. The molecule has 2 rings (SSSR count). The molecule has 2 aromatic heterocycles. The van der Waals surface area contributed by atoms with Gasteiger partial charge in [-0.15, -0.1) is 22.7 Å². The van der Waals surface area contributed by atoms with E-state index >= 15 is 0 Å². The highest BCUT2D eigenvalue weighted by Crippen LogP contribution is 2.29. The molecule has 3 heteroatoms. The molecule has 0 aliphatic carbocycles. The first-order valence-electron chi connectivity index (χ1n) is 3.47. The summed E-state index contributed by atoms with van der Waals surface area (Å²) in [6.07, 6.45) is 0.798. The maximum Gasteiger partial charge on any atom is 0.0479 e. The van der Waals surface area contributed by atoms with E-state index in [1.807, 2.05) is 0 Å². The molecule has 0 unspecified atom stereocenters. The van der Waals surface area contributed by atoms with E-state index in [0.717, 1.165) is 6.42 Å². The van der Waals surface area contributed by atoms with Gasteiger partial charge in [0, 0.05) is 27.3 Å². The average molecular weight is 184 g/mol. The third kappa shape index (κ3) is 1.31. The largest absolute Gasteiger partial charge is 0.396 e. The fraction of sp³-hybridized carbons (Fsp3) is 0.250. The Morgan fingerprint density at radius 3 is 3.00 bits per heavy atom. The highest BCUT2D eigenvalue weighted by molar-refractivity contribution is 7.26. The first kappa shape index (κ1) is 7.28. The van der Waals surface area contributed by atoms with Gasteiger partial charge in [-0.25, -0.2) is 0 Å². The Labute approximate surface area is 72.9 Å². The second-order valence-corrected chi connectivity index (χ2v) is 4.45. The second-order valence-electron chi connectivity index (χ2n) is 2.34. The molecule has 0 aliphatic rings. The molecule has 0 spiro atoms. The lowest BCUT2D eigenvalue weighted by Gasteiger charge is -1.86. The van der Waals surface area contributed by atoms with Crippen LogP contribution in [0.15, 0.2) is 17.5 Å². The average Bonchev–Trinajstić information content (AvgIpc) is 2.46. The van der Waals surface area contributed by atoms with Crippen LogP contribution in [-0.4, -0.2) is 11.7 Å². The zero-order valence-electron chi connectivity index (χ0n) is 5.91. The third-order valence-electron chi connectivity index (χ3n) is 1.55. The molecule has 1 nitrogen and oxygen atoms in total. The van der Waals surface area contributed by atoms with Gasteiger partial charge in [0.05, 0.1) is 0 Å². The second kappa shape index (κ2) is 2.93. The molecule has 2 aromatic rings. The van der Waals surface area contributed by atoms with Crippen molar-refractivity contribution in [2.24, 2.45) is 0 Å². The van der Waals surface area contributed by atoms with Gasteiger partial charge in [0.15, 0.2) is 0 Å². The van der Waals surface area contributed by atoms with Gasteiger partial charge in [-0.05, 0) is 17.5 Å². The van der Waals surface area contributed by atoms with Gasteiger partial charge >= 0.3 is 0 Å².